The Morgan fingerprint density at radius 3 is 2.79 bits per heavy atom. The van der Waals surface area contributed by atoms with Gasteiger partial charge in [0.05, 0.1) is 5.02 Å². The van der Waals surface area contributed by atoms with E-state index in [-0.39, 0.29) is 18.7 Å². The van der Waals surface area contributed by atoms with Crippen molar-refractivity contribution in [2.45, 2.75) is 12.5 Å². The molecule has 0 fully saturated rings. The largest absolute Gasteiger partial charge is 0.480 e. The molecule has 1 atom stereocenters. The number of nitrogens with one attached hydrogen (secondary N) is 1. The van der Waals surface area contributed by atoms with Crippen molar-refractivity contribution < 1.29 is 19.4 Å². The van der Waals surface area contributed by atoms with E-state index in [2.05, 4.69) is 10.3 Å². The maximum absolute atomic E-state index is 12.2. The van der Waals surface area contributed by atoms with Crippen LogP contribution in [-0.4, -0.2) is 41.7 Å². The lowest BCUT2D eigenvalue weighted by atomic mass is 10.2. The predicted molar refractivity (Wildman–Crippen MR) is 93.0 cm³/mol. The number of nitrogens with zero attached hydrogens (tertiary/aromatic N) is 1. The molecule has 0 aliphatic carbocycles. The molecule has 0 aliphatic rings. The molecule has 1 aromatic carbocycles. The van der Waals surface area contributed by atoms with Gasteiger partial charge in [-0.15, -0.1) is 11.3 Å². The normalized spacial score (nSPS) is 12.0. The highest BCUT2D eigenvalue weighted by Crippen LogP contribution is 2.32. The van der Waals surface area contributed by atoms with Gasteiger partial charge in [0.1, 0.15) is 16.7 Å². The van der Waals surface area contributed by atoms with Crippen LogP contribution < -0.4 is 5.32 Å². The van der Waals surface area contributed by atoms with E-state index >= 15 is 0 Å². The Bertz CT molecular complexity index is 751. The highest BCUT2D eigenvalue weighted by atomic mass is 35.5. The molecule has 2 rings (SSSR count). The number of methoxy groups -OCH3 is 1. The molecule has 1 amide bonds. The third-order valence-electron chi connectivity index (χ3n) is 3.11. The minimum atomic E-state index is -1.13. The summed E-state index contributed by atoms with van der Waals surface area (Å²) >= 11 is 13.2. The van der Waals surface area contributed by atoms with Crippen molar-refractivity contribution >= 4 is 46.4 Å². The minimum absolute atomic E-state index is 0.129. The first-order chi connectivity index (χ1) is 11.4. The molecule has 1 heterocycles. The van der Waals surface area contributed by atoms with E-state index in [9.17, 15) is 9.59 Å². The molecule has 1 aromatic heterocycles. The highest BCUT2D eigenvalue weighted by molar-refractivity contribution is 7.13. The maximum Gasteiger partial charge on any atom is 0.326 e. The third-order valence-corrected chi connectivity index (χ3v) is 4.54. The summed E-state index contributed by atoms with van der Waals surface area (Å²) in [4.78, 5) is 27.6. The van der Waals surface area contributed by atoms with Crippen molar-refractivity contribution in [2.75, 3.05) is 13.7 Å². The van der Waals surface area contributed by atoms with E-state index in [1.807, 2.05) is 0 Å². The van der Waals surface area contributed by atoms with E-state index in [0.29, 0.717) is 20.6 Å². The maximum atomic E-state index is 12.2. The Morgan fingerprint density at radius 1 is 1.42 bits per heavy atom. The molecule has 2 aromatic rings. The number of thiazole rings is 1. The smallest absolute Gasteiger partial charge is 0.326 e. The second-order valence-corrected chi connectivity index (χ2v) is 6.51. The fourth-order valence-corrected chi connectivity index (χ4v) is 3.28. The molecule has 0 bridgehead atoms. The summed E-state index contributed by atoms with van der Waals surface area (Å²) in [5.41, 5.74) is 0.781. The van der Waals surface area contributed by atoms with Crippen LogP contribution in [0.5, 0.6) is 0 Å². The fourth-order valence-electron chi connectivity index (χ4n) is 1.89. The quantitative estimate of drug-likeness (QED) is 0.758. The Labute approximate surface area is 152 Å². The van der Waals surface area contributed by atoms with Gasteiger partial charge in [-0.3, -0.25) is 4.79 Å². The number of rotatable bonds is 7. The predicted octanol–water partition coefficient (Wildman–Crippen LogP) is 3.34. The van der Waals surface area contributed by atoms with Crippen LogP contribution in [0.2, 0.25) is 10.0 Å². The first kappa shape index (κ1) is 18.7. The number of ether oxygens (including phenoxy) is 1. The molecule has 6 nitrogen and oxygen atoms in total. The molecule has 24 heavy (non-hydrogen) atoms. The summed E-state index contributed by atoms with van der Waals surface area (Å²) in [6.45, 7) is 0.222. The average molecular weight is 389 g/mol. The first-order valence-electron chi connectivity index (χ1n) is 6.86. The number of benzene rings is 1. The number of carboxylic acid groups (broad SMARTS) is 1. The van der Waals surface area contributed by atoms with Crippen molar-refractivity contribution in [3.8, 4) is 10.6 Å². The van der Waals surface area contributed by atoms with Crippen LogP contribution >= 0.6 is 34.5 Å². The summed E-state index contributed by atoms with van der Waals surface area (Å²) < 4.78 is 4.84. The molecule has 128 valence electrons. The van der Waals surface area contributed by atoms with E-state index in [1.165, 1.54) is 18.4 Å². The molecule has 0 saturated carbocycles. The van der Waals surface area contributed by atoms with E-state index in [4.69, 9.17) is 33.0 Å². The Balaban J connectivity index is 2.14. The second-order valence-electron chi connectivity index (χ2n) is 4.81. The number of carbonyl (C=O) groups excluding carboxylic acids is 1. The summed E-state index contributed by atoms with van der Waals surface area (Å²) in [7, 11) is 1.46. The number of aromatic nitrogens is 1. The Morgan fingerprint density at radius 2 is 2.17 bits per heavy atom. The zero-order valence-corrected chi connectivity index (χ0v) is 14.9. The summed E-state index contributed by atoms with van der Waals surface area (Å²) in [5, 5.41) is 14.6. The number of amides is 1. The minimum Gasteiger partial charge on any atom is -0.480 e. The van der Waals surface area contributed by atoms with Crippen LogP contribution in [0.4, 0.5) is 0 Å². The first-order valence-corrected chi connectivity index (χ1v) is 8.49. The molecule has 9 heteroatoms. The third kappa shape index (κ3) is 4.67. The van der Waals surface area contributed by atoms with Gasteiger partial charge in [0.2, 0.25) is 0 Å². The Hall–Kier alpha value is -1.67. The van der Waals surface area contributed by atoms with E-state index in [0.717, 1.165) is 0 Å². The van der Waals surface area contributed by atoms with Crippen molar-refractivity contribution in [1.29, 1.82) is 0 Å². The lowest BCUT2D eigenvalue weighted by molar-refractivity contribution is -0.139. The number of aliphatic carboxylic acids is 1. The number of hydrogen-bond donors (Lipinski definition) is 2. The van der Waals surface area contributed by atoms with Gasteiger partial charge in [-0.2, -0.15) is 0 Å². The molecule has 1 unspecified atom stereocenters. The van der Waals surface area contributed by atoms with Crippen molar-refractivity contribution in [2.24, 2.45) is 0 Å². The van der Waals surface area contributed by atoms with Gasteiger partial charge in [0.25, 0.3) is 5.91 Å². The van der Waals surface area contributed by atoms with Crippen LogP contribution in [-0.2, 0) is 9.53 Å². The van der Waals surface area contributed by atoms with Crippen LogP contribution in [0.1, 0.15) is 16.9 Å². The van der Waals surface area contributed by atoms with Crippen LogP contribution in [0.15, 0.2) is 23.6 Å². The van der Waals surface area contributed by atoms with Crippen LogP contribution in [0.25, 0.3) is 10.6 Å². The molecular weight excluding hydrogens is 375 g/mol. The molecule has 0 spiro atoms. The van der Waals surface area contributed by atoms with Gasteiger partial charge in [0, 0.05) is 36.1 Å². The molecule has 0 aliphatic heterocycles. The van der Waals surface area contributed by atoms with E-state index < -0.39 is 17.9 Å². The monoisotopic (exact) mass is 388 g/mol. The molecule has 2 N–H and O–H groups in total. The summed E-state index contributed by atoms with van der Waals surface area (Å²) in [6, 6.07) is 3.94. The number of carboxylic acids is 1. The lowest BCUT2D eigenvalue weighted by Gasteiger charge is -2.12. The highest BCUT2D eigenvalue weighted by Gasteiger charge is 2.22. The second kappa shape index (κ2) is 8.43. The van der Waals surface area contributed by atoms with Crippen LogP contribution in [0.3, 0.4) is 0 Å². The average Bonchev–Trinajstić information content (AvgIpc) is 3.00. The van der Waals surface area contributed by atoms with Gasteiger partial charge in [-0.05, 0) is 18.2 Å². The topological polar surface area (TPSA) is 88.5 Å². The van der Waals surface area contributed by atoms with Gasteiger partial charge < -0.3 is 15.2 Å². The molecule has 0 radical (unpaired) electrons. The van der Waals surface area contributed by atoms with Crippen molar-refractivity contribution in [3.63, 3.8) is 0 Å². The van der Waals surface area contributed by atoms with Gasteiger partial charge in [-0.1, -0.05) is 23.2 Å². The standard InChI is InChI=1S/C15H14Cl2N2O4S/c1-23-5-4-11(15(21)22)18-13(20)12-7-24-14(19-12)9-3-2-8(16)6-10(9)17/h2-3,6-7,11H,4-5H2,1H3,(H,18,20)(H,21,22). The van der Waals surface area contributed by atoms with Crippen LogP contribution in [0, 0.1) is 0 Å². The summed E-state index contributed by atoms with van der Waals surface area (Å²) in [6.07, 6.45) is 0.164. The SMILES string of the molecule is COCCC(NC(=O)c1csc(-c2ccc(Cl)cc2Cl)n1)C(=O)O. The zero-order chi connectivity index (χ0) is 17.7. The molecular formula is C15H14Cl2N2O4S. The molecule has 0 saturated heterocycles. The Kier molecular flexibility index (Phi) is 6.56. The van der Waals surface area contributed by atoms with E-state index in [1.54, 1.807) is 23.6 Å². The van der Waals surface area contributed by atoms with Crippen molar-refractivity contribution in [1.82, 2.24) is 10.3 Å². The fraction of sp³-hybridized carbons (Fsp3) is 0.267. The zero-order valence-electron chi connectivity index (χ0n) is 12.6. The van der Waals surface area contributed by atoms with Gasteiger partial charge >= 0.3 is 5.97 Å². The number of hydrogen-bond acceptors (Lipinski definition) is 5. The number of halogens is 2. The van der Waals surface area contributed by atoms with Gasteiger partial charge in [-0.25, -0.2) is 9.78 Å². The van der Waals surface area contributed by atoms with Gasteiger partial charge in [0.15, 0.2) is 0 Å². The van der Waals surface area contributed by atoms with Crippen molar-refractivity contribution in [3.05, 3.63) is 39.3 Å². The lowest BCUT2D eigenvalue weighted by Crippen LogP contribution is -2.41. The number of carbonyl (C=O) groups is 2. The summed E-state index contributed by atoms with van der Waals surface area (Å²) in [5.74, 6) is -1.69.